The summed E-state index contributed by atoms with van der Waals surface area (Å²) in [6, 6.07) is 9.08. The first-order valence-electron chi connectivity index (χ1n) is 5.83. The molecule has 1 heterocycles. The van der Waals surface area contributed by atoms with Crippen LogP contribution >= 0.6 is 15.9 Å². The molecule has 1 N–H and O–H groups in total. The Balaban J connectivity index is 1.80. The van der Waals surface area contributed by atoms with Crippen LogP contribution in [0.25, 0.3) is 0 Å². The molecule has 1 aliphatic heterocycles. The van der Waals surface area contributed by atoms with E-state index in [1.807, 2.05) is 0 Å². The molecule has 2 atom stereocenters. The lowest BCUT2D eigenvalue weighted by molar-refractivity contribution is 0.0130. The minimum Gasteiger partial charge on any atom is -0.378 e. The second-order valence-corrected chi connectivity index (χ2v) is 5.33. The Morgan fingerprint density at radius 2 is 2.12 bits per heavy atom. The molecule has 0 aromatic heterocycles. The van der Waals surface area contributed by atoms with Gasteiger partial charge in [0.2, 0.25) is 0 Å². The Bertz CT molecular complexity index is 325. The average Bonchev–Trinajstić information content (AvgIpc) is 2.28. The molecule has 0 radical (unpaired) electrons. The van der Waals surface area contributed by atoms with Gasteiger partial charge in [-0.1, -0.05) is 28.1 Å². The smallest absolute Gasteiger partial charge is 0.0561 e. The van der Waals surface area contributed by atoms with Gasteiger partial charge in [0.05, 0.1) is 6.10 Å². The van der Waals surface area contributed by atoms with Crippen LogP contribution in [0.5, 0.6) is 0 Å². The minimum absolute atomic E-state index is 0.399. The second-order valence-electron chi connectivity index (χ2n) is 4.41. The molecule has 3 heteroatoms. The fourth-order valence-corrected chi connectivity index (χ4v) is 2.31. The van der Waals surface area contributed by atoms with Crippen molar-refractivity contribution in [2.45, 2.75) is 38.5 Å². The number of halogens is 1. The first-order chi connectivity index (χ1) is 7.74. The van der Waals surface area contributed by atoms with Crippen molar-refractivity contribution in [3.8, 4) is 0 Å². The molecule has 16 heavy (non-hydrogen) atoms. The Morgan fingerprint density at radius 1 is 1.38 bits per heavy atom. The lowest BCUT2D eigenvalue weighted by Gasteiger charge is -2.28. The van der Waals surface area contributed by atoms with E-state index in [0.717, 1.165) is 30.5 Å². The Hall–Kier alpha value is -0.380. The molecular weight excluding hydrogens is 266 g/mol. The summed E-state index contributed by atoms with van der Waals surface area (Å²) in [7, 11) is 0. The number of hydrogen-bond donors (Lipinski definition) is 1. The van der Waals surface area contributed by atoms with Crippen molar-refractivity contribution in [3.05, 3.63) is 34.3 Å². The number of benzene rings is 1. The molecule has 0 bridgehead atoms. The van der Waals surface area contributed by atoms with Crippen LogP contribution in [0.15, 0.2) is 28.7 Å². The molecule has 2 rings (SSSR count). The van der Waals surface area contributed by atoms with Crippen molar-refractivity contribution >= 4 is 15.9 Å². The van der Waals surface area contributed by atoms with Crippen molar-refractivity contribution in [1.82, 2.24) is 5.32 Å². The van der Waals surface area contributed by atoms with Crippen LogP contribution in [0.1, 0.15) is 25.3 Å². The van der Waals surface area contributed by atoms with Gasteiger partial charge in [0.25, 0.3) is 0 Å². The zero-order chi connectivity index (χ0) is 11.4. The van der Waals surface area contributed by atoms with Crippen molar-refractivity contribution in [2.75, 3.05) is 6.61 Å². The molecule has 1 aromatic carbocycles. The molecule has 2 nitrogen and oxygen atoms in total. The Kier molecular flexibility index (Phi) is 4.38. The van der Waals surface area contributed by atoms with E-state index < -0.39 is 0 Å². The highest BCUT2D eigenvalue weighted by molar-refractivity contribution is 9.10. The van der Waals surface area contributed by atoms with Gasteiger partial charge in [-0.3, -0.25) is 0 Å². The van der Waals surface area contributed by atoms with Crippen LogP contribution in [-0.4, -0.2) is 18.8 Å². The molecule has 0 amide bonds. The summed E-state index contributed by atoms with van der Waals surface area (Å²) >= 11 is 3.44. The van der Waals surface area contributed by atoms with Crippen molar-refractivity contribution < 1.29 is 4.74 Å². The van der Waals surface area contributed by atoms with Crippen molar-refractivity contribution in [1.29, 1.82) is 0 Å². The van der Waals surface area contributed by atoms with Gasteiger partial charge in [-0.15, -0.1) is 0 Å². The topological polar surface area (TPSA) is 21.3 Å². The molecule has 1 aliphatic rings. The van der Waals surface area contributed by atoms with E-state index in [2.05, 4.69) is 52.4 Å². The standard InChI is InChI=1S/C13H18BrNO/c1-10-8-13(6-7-16-10)15-9-11-2-4-12(14)5-3-11/h2-5,10,13,15H,6-9H2,1H3. The molecule has 0 saturated carbocycles. The summed E-state index contributed by atoms with van der Waals surface area (Å²) in [6.45, 7) is 3.98. The minimum atomic E-state index is 0.399. The van der Waals surface area contributed by atoms with Gasteiger partial charge in [-0.2, -0.15) is 0 Å². The van der Waals surface area contributed by atoms with E-state index in [-0.39, 0.29) is 0 Å². The van der Waals surface area contributed by atoms with Gasteiger partial charge < -0.3 is 10.1 Å². The molecule has 1 saturated heterocycles. The molecule has 1 aromatic rings. The lowest BCUT2D eigenvalue weighted by atomic mass is 10.0. The maximum atomic E-state index is 5.53. The van der Waals surface area contributed by atoms with E-state index in [9.17, 15) is 0 Å². The molecule has 2 unspecified atom stereocenters. The number of hydrogen-bond acceptors (Lipinski definition) is 2. The monoisotopic (exact) mass is 283 g/mol. The normalized spacial score (nSPS) is 25.6. The van der Waals surface area contributed by atoms with E-state index >= 15 is 0 Å². The molecular formula is C13H18BrNO. The van der Waals surface area contributed by atoms with E-state index in [4.69, 9.17) is 4.74 Å². The van der Waals surface area contributed by atoms with Gasteiger partial charge in [-0.25, -0.2) is 0 Å². The van der Waals surface area contributed by atoms with Crippen molar-refractivity contribution in [3.63, 3.8) is 0 Å². The highest BCUT2D eigenvalue weighted by Crippen LogP contribution is 2.14. The Labute approximate surface area is 106 Å². The third-order valence-electron chi connectivity index (χ3n) is 2.99. The van der Waals surface area contributed by atoms with Gasteiger partial charge in [-0.05, 0) is 37.5 Å². The predicted octanol–water partition coefficient (Wildman–Crippen LogP) is 3.11. The second kappa shape index (κ2) is 5.80. The summed E-state index contributed by atoms with van der Waals surface area (Å²) in [5, 5.41) is 3.59. The maximum Gasteiger partial charge on any atom is 0.0561 e. The van der Waals surface area contributed by atoms with Crippen LogP contribution < -0.4 is 5.32 Å². The zero-order valence-electron chi connectivity index (χ0n) is 9.58. The lowest BCUT2D eigenvalue weighted by Crippen LogP contribution is -2.37. The first-order valence-corrected chi connectivity index (χ1v) is 6.63. The summed E-state index contributed by atoms with van der Waals surface area (Å²) in [5.41, 5.74) is 1.34. The molecule has 0 aliphatic carbocycles. The van der Waals surface area contributed by atoms with Crippen LogP contribution in [0.3, 0.4) is 0 Å². The quantitative estimate of drug-likeness (QED) is 0.921. The van der Waals surface area contributed by atoms with E-state index in [1.165, 1.54) is 5.56 Å². The summed E-state index contributed by atoms with van der Waals surface area (Å²) in [4.78, 5) is 0. The first kappa shape index (κ1) is 12.1. The largest absolute Gasteiger partial charge is 0.378 e. The third kappa shape index (κ3) is 3.58. The van der Waals surface area contributed by atoms with Crippen LogP contribution in [0.4, 0.5) is 0 Å². The number of ether oxygens (including phenoxy) is 1. The highest BCUT2D eigenvalue weighted by Gasteiger charge is 2.18. The predicted molar refractivity (Wildman–Crippen MR) is 69.4 cm³/mol. The third-order valence-corrected chi connectivity index (χ3v) is 3.52. The summed E-state index contributed by atoms with van der Waals surface area (Å²) < 4.78 is 6.66. The van der Waals surface area contributed by atoms with Gasteiger partial charge >= 0.3 is 0 Å². The summed E-state index contributed by atoms with van der Waals surface area (Å²) in [6.07, 6.45) is 2.65. The summed E-state index contributed by atoms with van der Waals surface area (Å²) in [5.74, 6) is 0. The van der Waals surface area contributed by atoms with Gasteiger partial charge in [0, 0.05) is 23.7 Å². The number of rotatable bonds is 3. The number of nitrogens with one attached hydrogen (secondary N) is 1. The highest BCUT2D eigenvalue weighted by atomic mass is 79.9. The van der Waals surface area contributed by atoms with Gasteiger partial charge in [0.1, 0.15) is 0 Å². The average molecular weight is 284 g/mol. The van der Waals surface area contributed by atoms with Crippen LogP contribution in [0.2, 0.25) is 0 Å². The fourth-order valence-electron chi connectivity index (χ4n) is 2.05. The zero-order valence-corrected chi connectivity index (χ0v) is 11.2. The maximum absolute atomic E-state index is 5.53. The van der Waals surface area contributed by atoms with Crippen LogP contribution in [0, 0.1) is 0 Å². The van der Waals surface area contributed by atoms with E-state index in [0.29, 0.717) is 12.1 Å². The Morgan fingerprint density at radius 3 is 2.81 bits per heavy atom. The fraction of sp³-hybridized carbons (Fsp3) is 0.538. The van der Waals surface area contributed by atoms with E-state index in [1.54, 1.807) is 0 Å². The SMILES string of the molecule is CC1CC(NCc2ccc(Br)cc2)CCO1. The van der Waals surface area contributed by atoms with Crippen molar-refractivity contribution in [2.24, 2.45) is 0 Å². The molecule has 88 valence electrons. The molecule has 1 fully saturated rings. The van der Waals surface area contributed by atoms with Crippen LogP contribution in [-0.2, 0) is 11.3 Å². The molecule has 0 spiro atoms. The van der Waals surface area contributed by atoms with Gasteiger partial charge in [0.15, 0.2) is 0 Å².